The van der Waals surface area contributed by atoms with Crippen LogP contribution in [0.1, 0.15) is 18.4 Å². The fourth-order valence-corrected chi connectivity index (χ4v) is 3.32. The van der Waals surface area contributed by atoms with Crippen molar-refractivity contribution in [2.45, 2.75) is 25.9 Å². The maximum atomic E-state index is 6.09. The summed E-state index contributed by atoms with van der Waals surface area (Å²) in [6, 6.07) is 7.92. The number of ether oxygens (including phenoxy) is 1. The van der Waals surface area contributed by atoms with E-state index >= 15 is 0 Å². The number of pyridine rings is 1. The van der Waals surface area contributed by atoms with Crippen LogP contribution < -0.4 is 4.74 Å². The summed E-state index contributed by atoms with van der Waals surface area (Å²) in [6.45, 7) is 1.71. The highest BCUT2D eigenvalue weighted by Crippen LogP contribution is 2.36. The molecule has 0 bridgehead atoms. The standard InChI is InChI=1S/C18H20BrN5O/c1-23(2)11-13-4-3-9-20-18(13)25-15-8-7-14-17(16(15)19)21-22-24(14)10-12-5-6-12/h3-4,7-9,12H,5-6,10-11H2,1-2H3. The van der Waals surface area contributed by atoms with Gasteiger partial charge in [0.1, 0.15) is 11.3 Å². The summed E-state index contributed by atoms with van der Waals surface area (Å²) in [5, 5.41) is 8.63. The van der Waals surface area contributed by atoms with Crippen molar-refractivity contribution in [2.24, 2.45) is 5.92 Å². The van der Waals surface area contributed by atoms with E-state index in [0.717, 1.165) is 40.1 Å². The van der Waals surface area contributed by atoms with E-state index < -0.39 is 0 Å². The van der Waals surface area contributed by atoms with Crippen molar-refractivity contribution < 1.29 is 4.74 Å². The minimum Gasteiger partial charge on any atom is -0.437 e. The first-order valence-corrected chi connectivity index (χ1v) is 9.19. The van der Waals surface area contributed by atoms with Crippen LogP contribution in [-0.2, 0) is 13.1 Å². The number of benzene rings is 1. The Balaban J connectivity index is 1.65. The van der Waals surface area contributed by atoms with Gasteiger partial charge in [0.05, 0.1) is 9.99 Å². The number of nitrogens with zero attached hydrogens (tertiary/aromatic N) is 5. The highest BCUT2D eigenvalue weighted by atomic mass is 79.9. The quantitative estimate of drug-likeness (QED) is 0.627. The number of hydrogen-bond acceptors (Lipinski definition) is 5. The van der Waals surface area contributed by atoms with Crippen LogP contribution in [0.4, 0.5) is 0 Å². The molecule has 0 spiro atoms. The monoisotopic (exact) mass is 401 g/mol. The summed E-state index contributed by atoms with van der Waals surface area (Å²) in [4.78, 5) is 6.48. The second kappa shape index (κ2) is 6.72. The number of fused-ring (bicyclic) bond motifs is 1. The normalized spacial score (nSPS) is 14.4. The lowest BCUT2D eigenvalue weighted by atomic mass is 10.2. The Kier molecular flexibility index (Phi) is 4.43. The molecule has 0 unspecified atom stereocenters. The fourth-order valence-electron chi connectivity index (χ4n) is 2.83. The molecule has 0 radical (unpaired) electrons. The number of rotatable bonds is 6. The van der Waals surface area contributed by atoms with Crippen molar-refractivity contribution >= 4 is 27.0 Å². The van der Waals surface area contributed by atoms with E-state index in [1.165, 1.54) is 12.8 Å². The van der Waals surface area contributed by atoms with Crippen LogP contribution in [0.15, 0.2) is 34.9 Å². The molecule has 1 aromatic carbocycles. The van der Waals surface area contributed by atoms with Crippen molar-refractivity contribution in [3.05, 3.63) is 40.5 Å². The number of hydrogen-bond donors (Lipinski definition) is 0. The van der Waals surface area contributed by atoms with Gasteiger partial charge in [-0.2, -0.15) is 0 Å². The Morgan fingerprint density at radius 3 is 2.88 bits per heavy atom. The number of halogens is 1. The van der Waals surface area contributed by atoms with Gasteiger partial charge in [-0.05, 0) is 67.0 Å². The lowest BCUT2D eigenvalue weighted by Gasteiger charge is -2.14. The Labute approximate surface area is 154 Å². The van der Waals surface area contributed by atoms with Crippen molar-refractivity contribution in [2.75, 3.05) is 14.1 Å². The first-order chi connectivity index (χ1) is 12.1. The van der Waals surface area contributed by atoms with Gasteiger partial charge in [0, 0.05) is 24.8 Å². The van der Waals surface area contributed by atoms with E-state index in [1.54, 1.807) is 6.20 Å². The third-order valence-corrected chi connectivity index (χ3v) is 5.03. The van der Waals surface area contributed by atoms with E-state index in [-0.39, 0.29) is 0 Å². The average molecular weight is 402 g/mol. The molecule has 1 saturated carbocycles. The highest BCUT2D eigenvalue weighted by molar-refractivity contribution is 9.10. The molecule has 0 atom stereocenters. The molecular formula is C18H20BrN5O. The summed E-state index contributed by atoms with van der Waals surface area (Å²) in [5.74, 6) is 2.06. The van der Waals surface area contributed by atoms with Gasteiger partial charge < -0.3 is 9.64 Å². The molecule has 1 fully saturated rings. The molecule has 1 aliphatic rings. The van der Waals surface area contributed by atoms with Crippen LogP contribution in [0.3, 0.4) is 0 Å². The van der Waals surface area contributed by atoms with Gasteiger partial charge >= 0.3 is 0 Å². The maximum absolute atomic E-state index is 6.09. The molecule has 4 rings (SSSR count). The zero-order chi connectivity index (χ0) is 17.4. The molecule has 0 amide bonds. The third kappa shape index (κ3) is 3.52. The zero-order valence-electron chi connectivity index (χ0n) is 14.3. The highest BCUT2D eigenvalue weighted by Gasteiger charge is 2.24. The summed E-state index contributed by atoms with van der Waals surface area (Å²) >= 11 is 3.63. The van der Waals surface area contributed by atoms with Gasteiger partial charge in [-0.25, -0.2) is 9.67 Å². The molecular weight excluding hydrogens is 382 g/mol. The van der Waals surface area contributed by atoms with Gasteiger partial charge in [0.25, 0.3) is 0 Å². The predicted octanol–water partition coefficient (Wildman–Crippen LogP) is 3.85. The van der Waals surface area contributed by atoms with E-state index in [2.05, 4.69) is 36.1 Å². The fraction of sp³-hybridized carbons (Fsp3) is 0.389. The number of aromatic nitrogens is 4. The average Bonchev–Trinajstić information content (AvgIpc) is 3.30. The summed E-state index contributed by atoms with van der Waals surface area (Å²) in [5.41, 5.74) is 2.89. The van der Waals surface area contributed by atoms with Crippen LogP contribution in [0.25, 0.3) is 11.0 Å². The van der Waals surface area contributed by atoms with Gasteiger partial charge in [0.15, 0.2) is 0 Å². The van der Waals surface area contributed by atoms with Crippen molar-refractivity contribution in [3.63, 3.8) is 0 Å². The van der Waals surface area contributed by atoms with Crippen molar-refractivity contribution in [3.8, 4) is 11.6 Å². The Morgan fingerprint density at radius 1 is 1.28 bits per heavy atom. The molecule has 2 aromatic heterocycles. The minimum absolute atomic E-state index is 0.613. The second-order valence-corrected chi connectivity index (χ2v) is 7.56. The Morgan fingerprint density at radius 2 is 2.12 bits per heavy atom. The first-order valence-electron chi connectivity index (χ1n) is 8.40. The SMILES string of the molecule is CN(C)Cc1cccnc1Oc1ccc2c(nnn2CC2CC2)c1Br. The lowest BCUT2D eigenvalue weighted by Crippen LogP contribution is -2.11. The lowest BCUT2D eigenvalue weighted by molar-refractivity contribution is 0.383. The van der Waals surface area contributed by atoms with E-state index in [0.29, 0.717) is 11.6 Å². The molecule has 2 heterocycles. The largest absolute Gasteiger partial charge is 0.437 e. The van der Waals surface area contributed by atoms with E-state index in [9.17, 15) is 0 Å². The summed E-state index contributed by atoms with van der Waals surface area (Å²) < 4.78 is 8.89. The molecule has 25 heavy (non-hydrogen) atoms. The third-order valence-electron chi connectivity index (χ3n) is 4.26. The van der Waals surface area contributed by atoms with Gasteiger partial charge in [-0.3, -0.25) is 0 Å². The van der Waals surface area contributed by atoms with Crippen LogP contribution in [0.2, 0.25) is 0 Å². The zero-order valence-corrected chi connectivity index (χ0v) is 15.9. The molecule has 0 aliphatic heterocycles. The van der Waals surface area contributed by atoms with Crippen LogP contribution in [-0.4, -0.2) is 39.0 Å². The van der Waals surface area contributed by atoms with E-state index in [1.807, 2.05) is 43.0 Å². The van der Waals surface area contributed by atoms with Gasteiger partial charge in [0.2, 0.25) is 5.88 Å². The Hall–Kier alpha value is -1.99. The van der Waals surface area contributed by atoms with Crippen molar-refractivity contribution in [1.29, 1.82) is 0 Å². The predicted molar refractivity (Wildman–Crippen MR) is 99.7 cm³/mol. The van der Waals surface area contributed by atoms with Gasteiger partial charge in [-0.15, -0.1) is 5.10 Å². The minimum atomic E-state index is 0.613. The molecule has 1 aliphatic carbocycles. The van der Waals surface area contributed by atoms with Crippen LogP contribution in [0, 0.1) is 5.92 Å². The Bertz CT molecular complexity index is 904. The molecule has 130 valence electrons. The summed E-state index contributed by atoms with van der Waals surface area (Å²) in [6.07, 6.45) is 4.32. The van der Waals surface area contributed by atoms with Crippen LogP contribution >= 0.6 is 15.9 Å². The van der Waals surface area contributed by atoms with Crippen molar-refractivity contribution in [1.82, 2.24) is 24.9 Å². The molecule has 7 heteroatoms. The molecule has 0 N–H and O–H groups in total. The maximum Gasteiger partial charge on any atom is 0.223 e. The second-order valence-electron chi connectivity index (χ2n) is 6.77. The first kappa shape index (κ1) is 16.5. The topological polar surface area (TPSA) is 56.1 Å². The summed E-state index contributed by atoms with van der Waals surface area (Å²) in [7, 11) is 4.05. The molecule has 0 saturated heterocycles. The molecule has 3 aromatic rings. The van der Waals surface area contributed by atoms with Gasteiger partial charge in [-0.1, -0.05) is 11.3 Å². The van der Waals surface area contributed by atoms with E-state index in [4.69, 9.17) is 4.74 Å². The molecule has 6 nitrogen and oxygen atoms in total. The van der Waals surface area contributed by atoms with Crippen LogP contribution in [0.5, 0.6) is 11.6 Å². The smallest absolute Gasteiger partial charge is 0.223 e.